The molecule has 0 fully saturated rings. The van der Waals surface area contributed by atoms with Gasteiger partial charge in [0.05, 0.1) is 16.1 Å². The van der Waals surface area contributed by atoms with Crippen LogP contribution in [-0.2, 0) is 23.0 Å². The smallest absolute Gasteiger partial charge is 0.408 e. The molecule has 0 aliphatic carbocycles. The topological polar surface area (TPSA) is 112 Å². The summed E-state index contributed by atoms with van der Waals surface area (Å²) in [7, 11) is -3.72. The highest BCUT2D eigenvalue weighted by Crippen LogP contribution is 2.19. The number of sulfonamides is 1. The van der Waals surface area contributed by atoms with Crippen molar-refractivity contribution >= 4 is 37.4 Å². The third-order valence-corrected chi connectivity index (χ3v) is 6.37. The molecule has 0 atom stereocenters. The van der Waals surface area contributed by atoms with Gasteiger partial charge in [0, 0.05) is 31.0 Å². The Labute approximate surface area is 151 Å². The molecule has 4 aromatic rings. The van der Waals surface area contributed by atoms with E-state index in [1.165, 1.54) is 34.4 Å². The van der Waals surface area contributed by atoms with Gasteiger partial charge in [-0.05, 0) is 19.1 Å². The van der Waals surface area contributed by atoms with Crippen molar-refractivity contribution in [1.82, 2.24) is 23.9 Å². The largest absolute Gasteiger partial charge is 0.419 e. The van der Waals surface area contributed by atoms with Crippen LogP contribution in [0.3, 0.4) is 0 Å². The number of nitrogens with zero attached hydrogens (tertiary/aromatic N) is 4. The Balaban J connectivity index is 1.53. The number of fused-ring (bicyclic) bond motifs is 2. The summed E-state index contributed by atoms with van der Waals surface area (Å²) in [6, 6.07) is 4.41. The van der Waals surface area contributed by atoms with Crippen LogP contribution in [0.25, 0.3) is 16.1 Å². The zero-order valence-corrected chi connectivity index (χ0v) is 15.4. The van der Waals surface area contributed by atoms with Crippen molar-refractivity contribution in [1.29, 1.82) is 0 Å². The van der Waals surface area contributed by atoms with Crippen molar-refractivity contribution in [3.05, 3.63) is 46.2 Å². The molecule has 0 bridgehead atoms. The minimum atomic E-state index is -3.72. The van der Waals surface area contributed by atoms with Crippen molar-refractivity contribution in [2.75, 3.05) is 6.54 Å². The molecule has 4 rings (SSSR count). The fraction of sp³-hybridized carbons (Fsp3) is 0.267. The highest BCUT2D eigenvalue weighted by molar-refractivity contribution is 7.89. The van der Waals surface area contributed by atoms with Gasteiger partial charge in [0.1, 0.15) is 6.33 Å². The summed E-state index contributed by atoms with van der Waals surface area (Å²) in [6.07, 6.45) is 1.94. The average Bonchev–Trinajstić information content (AvgIpc) is 3.28. The summed E-state index contributed by atoms with van der Waals surface area (Å²) in [5.41, 5.74) is 1.71. The molecule has 0 amide bonds. The number of hydrogen-bond donors (Lipinski definition) is 1. The van der Waals surface area contributed by atoms with Gasteiger partial charge in [-0.3, -0.25) is 4.57 Å². The number of thiazole rings is 1. The molecule has 136 valence electrons. The summed E-state index contributed by atoms with van der Waals surface area (Å²) >= 11 is 1.45. The Morgan fingerprint density at radius 1 is 1.35 bits per heavy atom. The molecule has 0 saturated carbocycles. The first-order valence-corrected chi connectivity index (χ1v) is 10.2. The van der Waals surface area contributed by atoms with Crippen LogP contribution >= 0.6 is 11.3 Å². The van der Waals surface area contributed by atoms with Gasteiger partial charge in [0.2, 0.25) is 15.0 Å². The Morgan fingerprint density at radius 3 is 3.00 bits per heavy atom. The van der Waals surface area contributed by atoms with Crippen LogP contribution in [0.2, 0.25) is 0 Å². The molecule has 0 aliphatic rings. The van der Waals surface area contributed by atoms with E-state index in [1.807, 2.05) is 12.3 Å². The molecule has 1 aromatic carbocycles. The molecule has 11 heteroatoms. The van der Waals surface area contributed by atoms with Crippen LogP contribution in [0.15, 0.2) is 44.0 Å². The van der Waals surface area contributed by atoms with Gasteiger partial charge in [-0.1, -0.05) is 0 Å². The molecule has 0 radical (unpaired) electrons. The van der Waals surface area contributed by atoms with Crippen molar-refractivity contribution in [2.24, 2.45) is 0 Å². The van der Waals surface area contributed by atoms with Gasteiger partial charge in [0.25, 0.3) is 0 Å². The van der Waals surface area contributed by atoms with Crippen LogP contribution < -0.4 is 10.5 Å². The van der Waals surface area contributed by atoms with Gasteiger partial charge >= 0.3 is 5.76 Å². The fourth-order valence-electron chi connectivity index (χ4n) is 2.75. The monoisotopic (exact) mass is 393 g/mol. The molecular weight excluding hydrogens is 378 g/mol. The number of nitrogens with one attached hydrogen (secondary N) is 1. The highest BCUT2D eigenvalue weighted by Gasteiger charge is 2.17. The van der Waals surface area contributed by atoms with E-state index in [9.17, 15) is 13.2 Å². The van der Waals surface area contributed by atoms with Crippen molar-refractivity contribution < 1.29 is 12.8 Å². The van der Waals surface area contributed by atoms with Gasteiger partial charge in [-0.15, -0.1) is 11.3 Å². The van der Waals surface area contributed by atoms with E-state index in [0.29, 0.717) is 18.5 Å². The van der Waals surface area contributed by atoms with Gasteiger partial charge < -0.3 is 4.42 Å². The van der Waals surface area contributed by atoms with E-state index in [1.54, 1.807) is 10.6 Å². The summed E-state index contributed by atoms with van der Waals surface area (Å²) in [6.45, 7) is 2.48. The lowest BCUT2D eigenvalue weighted by atomic mass is 10.3. The van der Waals surface area contributed by atoms with E-state index >= 15 is 0 Å². The maximum atomic E-state index is 12.5. The van der Waals surface area contributed by atoms with Gasteiger partial charge in [0.15, 0.2) is 5.58 Å². The fourth-order valence-corrected chi connectivity index (χ4v) is 4.63. The number of oxazole rings is 1. The van der Waals surface area contributed by atoms with Crippen LogP contribution in [-0.4, -0.2) is 34.1 Å². The third kappa shape index (κ3) is 2.83. The normalized spacial score (nSPS) is 12.3. The Bertz CT molecular complexity index is 1250. The SMILES string of the molecule is CCn1c(=O)oc2cc(S(=O)(=O)NCCc3csc4ncnn34)ccc21. The first-order valence-electron chi connectivity index (χ1n) is 7.89. The molecule has 1 N–H and O–H groups in total. The second kappa shape index (κ2) is 6.34. The van der Waals surface area contributed by atoms with Crippen molar-refractivity contribution in [3.8, 4) is 0 Å². The number of hydrogen-bond acceptors (Lipinski definition) is 7. The maximum Gasteiger partial charge on any atom is 0.419 e. The average molecular weight is 393 g/mol. The number of aromatic nitrogens is 4. The summed E-state index contributed by atoms with van der Waals surface area (Å²) in [5.74, 6) is -0.501. The minimum absolute atomic E-state index is 0.0539. The zero-order valence-electron chi connectivity index (χ0n) is 13.7. The molecule has 26 heavy (non-hydrogen) atoms. The number of rotatable bonds is 6. The molecule has 3 aromatic heterocycles. The molecule has 9 nitrogen and oxygen atoms in total. The summed E-state index contributed by atoms with van der Waals surface area (Å²) < 4.78 is 35.8. The molecule has 0 unspecified atom stereocenters. The standard InChI is InChI=1S/C15H15N5O4S2/c1-2-19-12-4-3-11(7-13(12)24-15(19)21)26(22,23)18-6-5-10-8-25-14-16-9-17-20(10)14/h3-4,7-9,18H,2,5-6H2,1H3. The third-order valence-electron chi connectivity index (χ3n) is 4.03. The number of benzene rings is 1. The van der Waals surface area contributed by atoms with E-state index in [0.717, 1.165) is 10.7 Å². The second-order valence-electron chi connectivity index (χ2n) is 5.57. The molecule has 0 saturated heterocycles. The zero-order chi connectivity index (χ0) is 18.3. The lowest BCUT2D eigenvalue weighted by molar-refractivity contribution is 0.512. The lowest BCUT2D eigenvalue weighted by Crippen LogP contribution is -2.26. The van der Waals surface area contributed by atoms with Crippen LogP contribution in [0, 0.1) is 0 Å². The summed E-state index contributed by atoms with van der Waals surface area (Å²) in [5, 5.41) is 6.00. The van der Waals surface area contributed by atoms with Crippen molar-refractivity contribution in [3.63, 3.8) is 0 Å². The molecular formula is C15H15N5O4S2. The number of aryl methyl sites for hydroxylation is 1. The van der Waals surface area contributed by atoms with Crippen LogP contribution in [0.4, 0.5) is 0 Å². The van der Waals surface area contributed by atoms with E-state index in [4.69, 9.17) is 4.42 Å². The van der Waals surface area contributed by atoms with E-state index in [-0.39, 0.29) is 17.0 Å². The van der Waals surface area contributed by atoms with Crippen LogP contribution in [0.5, 0.6) is 0 Å². The summed E-state index contributed by atoms with van der Waals surface area (Å²) in [4.78, 5) is 16.6. The molecule has 3 heterocycles. The maximum absolute atomic E-state index is 12.5. The van der Waals surface area contributed by atoms with Crippen molar-refractivity contribution in [2.45, 2.75) is 24.8 Å². The highest BCUT2D eigenvalue weighted by atomic mass is 32.2. The molecule has 0 aliphatic heterocycles. The van der Waals surface area contributed by atoms with E-state index in [2.05, 4.69) is 14.8 Å². The first-order chi connectivity index (χ1) is 12.5. The minimum Gasteiger partial charge on any atom is -0.408 e. The Morgan fingerprint density at radius 2 is 2.19 bits per heavy atom. The Kier molecular flexibility index (Phi) is 4.13. The molecule has 0 spiro atoms. The lowest BCUT2D eigenvalue weighted by Gasteiger charge is -2.06. The quantitative estimate of drug-likeness (QED) is 0.527. The second-order valence-corrected chi connectivity index (χ2v) is 8.17. The first kappa shape index (κ1) is 16.9. The van der Waals surface area contributed by atoms with Crippen LogP contribution in [0.1, 0.15) is 12.6 Å². The van der Waals surface area contributed by atoms with Gasteiger partial charge in [-0.25, -0.2) is 27.4 Å². The van der Waals surface area contributed by atoms with E-state index < -0.39 is 15.8 Å². The predicted molar refractivity (Wildman–Crippen MR) is 95.9 cm³/mol. The predicted octanol–water partition coefficient (Wildman–Crippen LogP) is 1.24. The Hall–Kier alpha value is -2.50. The van der Waals surface area contributed by atoms with Gasteiger partial charge in [-0.2, -0.15) is 5.10 Å².